The number of ketones is 1. The third-order valence-corrected chi connectivity index (χ3v) is 7.32. The first-order valence-electron chi connectivity index (χ1n) is 11.4. The molecule has 3 aromatic rings. The highest BCUT2D eigenvalue weighted by Gasteiger charge is 2.36. The average molecular weight is 518 g/mol. The van der Waals surface area contributed by atoms with Crippen LogP contribution in [0.2, 0.25) is 0 Å². The monoisotopic (exact) mass is 517 g/mol. The van der Waals surface area contributed by atoms with Crippen molar-refractivity contribution >= 4 is 38.8 Å². The molecule has 6 heteroatoms. The average Bonchev–Trinajstić information content (AvgIpc) is 3.01. The van der Waals surface area contributed by atoms with Gasteiger partial charge >= 0.3 is 0 Å². The normalized spacial score (nSPS) is 19.4. The lowest BCUT2D eigenvalue weighted by molar-refractivity contribution is -0.116. The number of hydrogen-bond acceptors (Lipinski definition) is 5. The number of anilines is 3. The SMILES string of the molecule is COc1ccc(C2Nc3ccccc3NC3=C2C(=O)CC(c2ccc(N(C)C)cc2)C3)cc1Br. The second-order valence-corrected chi connectivity index (χ2v) is 9.90. The number of hydrogen-bond donors (Lipinski definition) is 2. The molecule has 0 radical (unpaired) electrons. The number of fused-ring (bicyclic) bond motifs is 1. The van der Waals surface area contributed by atoms with Crippen LogP contribution in [0.1, 0.15) is 35.9 Å². The molecule has 0 aromatic heterocycles. The van der Waals surface area contributed by atoms with Crippen molar-refractivity contribution in [2.24, 2.45) is 0 Å². The zero-order valence-corrected chi connectivity index (χ0v) is 21.1. The van der Waals surface area contributed by atoms with Crippen LogP contribution >= 0.6 is 15.9 Å². The van der Waals surface area contributed by atoms with E-state index in [1.54, 1.807) is 7.11 Å². The highest BCUT2D eigenvalue weighted by atomic mass is 79.9. The summed E-state index contributed by atoms with van der Waals surface area (Å²) in [7, 11) is 5.72. The topological polar surface area (TPSA) is 53.6 Å². The van der Waals surface area contributed by atoms with Crippen molar-refractivity contribution in [1.82, 2.24) is 0 Å². The number of benzene rings is 3. The molecule has 2 aliphatic rings. The number of nitrogens with zero attached hydrogens (tertiary/aromatic N) is 1. The molecule has 5 nitrogen and oxygen atoms in total. The van der Waals surface area contributed by atoms with Gasteiger partial charge in [0.25, 0.3) is 0 Å². The van der Waals surface area contributed by atoms with Crippen molar-refractivity contribution in [2.75, 3.05) is 36.7 Å². The number of carbonyl (C=O) groups excluding carboxylic acids is 1. The van der Waals surface area contributed by atoms with Gasteiger partial charge in [-0.3, -0.25) is 4.79 Å². The van der Waals surface area contributed by atoms with Crippen LogP contribution < -0.4 is 20.3 Å². The van der Waals surface area contributed by atoms with Gasteiger partial charge in [0.05, 0.1) is 29.0 Å². The molecule has 34 heavy (non-hydrogen) atoms. The van der Waals surface area contributed by atoms with Gasteiger partial charge in [-0.2, -0.15) is 0 Å². The molecular weight excluding hydrogens is 490 g/mol. The summed E-state index contributed by atoms with van der Waals surface area (Å²) in [6, 6.07) is 22.4. The quantitative estimate of drug-likeness (QED) is 0.413. The predicted molar refractivity (Wildman–Crippen MR) is 142 cm³/mol. The van der Waals surface area contributed by atoms with Gasteiger partial charge in [-0.1, -0.05) is 30.3 Å². The Kier molecular flexibility index (Phi) is 6.09. The number of nitrogens with one attached hydrogen (secondary N) is 2. The zero-order chi connectivity index (χ0) is 23.8. The molecule has 2 unspecified atom stereocenters. The maximum absolute atomic E-state index is 13.7. The number of para-hydroxylation sites is 2. The molecule has 5 rings (SSSR count). The smallest absolute Gasteiger partial charge is 0.163 e. The maximum atomic E-state index is 13.7. The number of methoxy groups -OCH3 is 1. The van der Waals surface area contributed by atoms with Gasteiger partial charge < -0.3 is 20.3 Å². The highest BCUT2D eigenvalue weighted by Crippen LogP contribution is 2.45. The minimum absolute atomic E-state index is 0.142. The van der Waals surface area contributed by atoms with E-state index in [2.05, 4.69) is 61.8 Å². The fourth-order valence-electron chi connectivity index (χ4n) is 4.88. The van der Waals surface area contributed by atoms with Crippen LogP contribution in [0.25, 0.3) is 0 Å². The first-order chi connectivity index (χ1) is 16.4. The van der Waals surface area contributed by atoms with E-state index in [-0.39, 0.29) is 17.7 Å². The molecule has 1 aliphatic heterocycles. The van der Waals surface area contributed by atoms with Gasteiger partial charge in [-0.25, -0.2) is 0 Å². The van der Waals surface area contributed by atoms with Gasteiger partial charge in [-0.15, -0.1) is 0 Å². The molecule has 1 heterocycles. The third-order valence-electron chi connectivity index (χ3n) is 6.70. The lowest BCUT2D eigenvalue weighted by Crippen LogP contribution is -2.27. The summed E-state index contributed by atoms with van der Waals surface area (Å²) in [4.78, 5) is 15.8. The Balaban J connectivity index is 1.56. The van der Waals surface area contributed by atoms with Crippen molar-refractivity contribution in [2.45, 2.75) is 24.8 Å². The van der Waals surface area contributed by atoms with Gasteiger partial charge in [0.15, 0.2) is 5.78 Å². The number of Topliss-reactive ketones (excluding diaryl/α,β-unsaturated/α-hetero) is 1. The number of halogens is 1. The molecule has 0 saturated carbocycles. The molecule has 2 atom stereocenters. The molecule has 0 spiro atoms. The Labute approximate surface area is 208 Å². The largest absolute Gasteiger partial charge is 0.496 e. The summed E-state index contributed by atoms with van der Waals surface area (Å²) in [6.45, 7) is 0. The van der Waals surface area contributed by atoms with Crippen LogP contribution in [0.15, 0.2) is 82.5 Å². The molecule has 1 aliphatic carbocycles. The summed E-state index contributed by atoms with van der Waals surface area (Å²) in [6.07, 6.45) is 1.28. The Morgan fingerprint density at radius 2 is 1.65 bits per heavy atom. The van der Waals surface area contributed by atoms with Crippen LogP contribution in [0.3, 0.4) is 0 Å². The first kappa shape index (κ1) is 22.5. The Morgan fingerprint density at radius 3 is 2.32 bits per heavy atom. The van der Waals surface area contributed by atoms with E-state index in [1.807, 2.05) is 50.5 Å². The Morgan fingerprint density at radius 1 is 0.941 bits per heavy atom. The van der Waals surface area contributed by atoms with Crippen molar-refractivity contribution in [3.8, 4) is 5.75 Å². The second kappa shape index (κ2) is 9.18. The molecule has 0 saturated heterocycles. The molecule has 0 amide bonds. The van der Waals surface area contributed by atoms with E-state index in [0.717, 1.165) is 50.5 Å². The lowest BCUT2D eigenvalue weighted by Gasteiger charge is -2.30. The van der Waals surface area contributed by atoms with Crippen LogP contribution in [0, 0.1) is 0 Å². The summed E-state index contributed by atoms with van der Waals surface area (Å²) >= 11 is 3.61. The van der Waals surface area contributed by atoms with Gasteiger partial charge in [0.1, 0.15) is 5.75 Å². The van der Waals surface area contributed by atoms with E-state index in [4.69, 9.17) is 4.74 Å². The summed E-state index contributed by atoms with van der Waals surface area (Å²) < 4.78 is 6.29. The molecule has 0 bridgehead atoms. The van der Waals surface area contributed by atoms with Crippen molar-refractivity contribution in [3.63, 3.8) is 0 Å². The van der Waals surface area contributed by atoms with Crippen molar-refractivity contribution < 1.29 is 9.53 Å². The summed E-state index contributed by atoms with van der Waals surface area (Å²) in [5.41, 5.74) is 7.14. The van der Waals surface area contributed by atoms with Gasteiger partial charge in [0, 0.05) is 37.5 Å². The number of ether oxygens (including phenoxy) is 1. The maximum Gasteiger partial charge on any atom is 0.163 e. The van der Waals surface area contributed by atoms with Crippen LogP contribution in [0.5, 0.6) is 5.75 Å². The second-order valence-electron chi connectivity index (χ2n) is 9.05. The minimum Gasteiger partial charge on any atom is -0.496 e. The Bertz CT molecular complexity index is 1270. The van der Waals surface area contributed by atoms with E-state index >= 15 is 0 Å². The van der Waals surface area contributed by atoms with E-state index in [1.165, 1.54) is 5.56 Å². The Hall–Kier alpha value is -3.25. The van der Waals surface area contributed by atoms with E-state index < -0.39 is 0 Å². The predicted octanol–water partition coefficient (Wildman–Crippen LogP) is 6.50. The first-order valence-corrected chi connectivity index (χ1v) is 12.2. The van der Waals surface area contributed by atoms with Crippen molar-refractivity contribution in [1.29, 1.82) is 0 Å². The van der Waals surface area contributed by atoms with Crippen LogP contribution in [0.4, 0.5) is 17.1 Å². The number of rotatable bonds is 4. The van der Waals surface area contributed by atoms with Gasteiger partial charge in [0.2, 0.25) is 0 Å². The standard InChI is InChI=1S/C28H28BrN3O2/c1-32(2)20-11-8-17(9-12-20)19-15-24-27(25(33)16-19)28(18-10-13-26(34-3)21(29)14-18)31-23-7-5-4-6-22(23)30-24/h4-14,19,28,30-31H,15-16H2,1-3H3. The summed E-state index contributed by atoms with van der Waals surface area (Å²) in [5.74, 6) is 1.08. The minimum atomic E-state index is -0.252. The molecule has 2 N–H and O–H groups in total. The van der Waals surface area contributed by atoms with Gasteiger partial charge in [-0.05, 0) is 75.8 Å². The lowest BCUT2D eigenvalue weighted by atomic mass is 9.78. The fourth-order valence-corrected chi connectivity index (χ4v) is 5.44. The third kappa shape index (κ3) is 4.18. The molecule has 3 aromatic carbocycles. The molecular formula is C28H28BrN3O2. The summed E-state index contributed by atoms with van der Waals surface area (Å²) in [5, 5.41) is 7.25. The number of carbonyl (C=O) groups is 1. The zero-order valence-electron chi connectivity index (χ0n) is 19.6. The van der Waals surface area contributed by atoms with E-state index in [0.29, 0.717) is 6.42 Å². The fraction of sp³-hybridized carbons (Fsp3) is 0.250. The van der Waals surface area contributed by atoms with Crippen LogP contribution in [-0.4, -0.2) is 27.0 Å². The molecule has 0 fully saturated rings. The number of allylic oxidation sites excluding steroid dienone is 1. The molecule has 174 valence electrons. The van der Waals surface area contributed by atoms with Crippen molar-refractivity contribution in [3.05, 3.63) is 93.6 Å². The highest BCUT2D eigenvalue weighted by molar-refractivity contribution is 9.10. The van der Waals surface area contributed by atoms with E-state index in [9.17, 15) is 4.79 Å². The van der Waals surface area contributed by atoms with Crippen LogP contribution in [-0.2, 0) is 4.79 Å².